The topological polar surface area (TPSA) is 76.9 Å². The van der Waals surface area contributed by atoms with Gasteiger partial charge in [0.1, 0.15) is 12.3 Å². The number of ether oxygens (including phenoxy) is 2. The molecule has 0 radical (unpaired) electrons. The summed E-state index contributed by atoms with van der Waals surface area (Å²) < 4.78 is 12.1. The van der Waals surface area contributed by atoms with E-state index in [-0.39, 0.29) is 23.1 Å². The van der Waals surface area contributed by atoms with E-state index in [1.165, 1.54) is 4.57 Å². The van der Waals surface area contributed by atoms with Crippen molar-refractivity contribution in [1.82, 2.24) is 14.5 Å². The molecule has 0 N–H and O–H groups in total. The number of benzene rings is 1. The average molecular weight is 505 g/mol. The van der Waals surface area contributed by atoms with E-state index >= 15 is 0 Å². The number of esters is 1. The van der Waals surface area contributed by atoms with Crippen LogP contribution in [-0.4, -0.2) is 67.9 Å². The lowest BCUT2D eigenvalue weighted by Crippen LogP contribution is -2.40. The van der Waals surface area contributed by atoms with Crippen molar-refractivity contribution >= 4 is 23.4 Å². The first-order valence-corrected chi connectivity index (χ1v) is 12.7. The van der Waals surface area contributed by atoms with Gasteiger partial charge >= 0.3 is 5.97 Å². The van der Waals surface area contributed by atoms with Gasteiger partial charge in [-0.25, -0.2) is 4.98 Å². The molecule has 0 amide bonds. The van der Waals surface area contributed by atoms with Crippen LogP contribution in [0.2, 0.25) is 5.15 Å². The highest BCUT2D eigenvalue weighted by molar-refractivity contribution is 6.32. The molecule has 1 aliphatic heterocycles. The van der Waals surface area contributed by atoms with Crippen molar-refractivity contribution in [3.63, 3.8) is 0 Å². The second-order valence-electron chi connectivity index (χ2n) is 9.29. The molecule has 0 spiro atoms. The summed E-state index contributed by atoms with van der Waals surface area (Å²) >= 11 is 6.68. The Morgan fingerprint density at radius 2 is 2.00 bits per heavy atom. The quantitative estimate of drug-likeness (QED) is 0.337. The summed E-state index contributed by atoms with van der Waals surface area (Å²) in [5.41, 5.74) is 0.688. The molecule has 0 saturated carbocycles. The van der Waals surface area contributed by atoms with Crippen LogP contribution in [0.3, 0.4) is 0 Å². The summed E-state index contributed by atoms with van der Waals surface area (Å²) in [6, 6.07) is 7.21. The van der Waals surface area contributed by atoms with Crippen molar-refractivity contribution < 1.29 is 14.3 Å². The molecule has 8 nitrogen and oxygen atoms in total. The smallest absolute Gasteiger partial charge is 0.326 e. The van der Waals surface area contributed by atoms with Crippen LogP contribution in [-0.2, 0) is 16.1 Å². The molecule has 1 aromatic heterocycles. The zero-order valence-electron chi connectivity index (χ0n) is 21.3. The Balaban J connectivity index is 1.93. The third kappa shape index (κ3) is 7.21. The first-order chi connectivity index (χ1) is 16.8. The fraction of sp³-hybridized carbons (Fsp3) is 0.577. The lowest BCUT2D eigenvalue weighted by Gasteiger charge is -2.33. The number of hydrogen-bond acceptors (Lipinski definition) is 7. The van der Waals surface area contributed by atoms with Gasteiger partial charge in [-0.2, -0.15) is 0 Å². The van der Waals surface area contributed by atoms with E-state index in [0.717, 1.165) is 51.7 Å². The second kappa shape index (κ2) is 12.9. The molecular formula is C26H37ClN4O4. The maximum absolute atomic E-state index is 13.7. The summed E-state index contributed by atoms with van der Waals surface area (Å²) in [5.74, 6) is 1.05. The predicted molar refractivity (Wildman–Crippen MR) is 139 cm³/mol. The minimum Gasteiger partial charge on any atom is -0.497 e. The fourth-order valence-electron chi connectivity index (χ4n) is 4.31. The Morgan fingerprint density at radius 3 is 2.66 bits per heavy atom. The third-order valence-electron chi connectivity index (χ3n) is 6.40. The van der Waals surface area contributed by atoms with Crippen molar-refractivity contribution in [1.29, 1.82) is 0 Å². The Morgan fingerprint density at radius 1 is 1.26 bits per heavy atom. The van der Waals surface area contributed by atoms with Gasteiger partial charge in [-0.15, -0.1) is 0 Å². The number of hydrogen-bond donors (Lipinski definition) is 0. The zero-order chi connectivity index (χ0) is 25.4. The van der Waals surface area contributed by atoms with Gasteiger partial charge in [0.2, 0.25) is 0 Å². The number of nitrogens with zero attached hydrogens (tertiary/aromatic N) is 4. The molecular weight excluding hydrogens is 468 g/mol. The molecule has 2 aromatic rings. The zero-order valence-corrected chi connectivity index (χ0v) is 22.0. The molecule has 1 fully saturated rings. The molecule has 192 valence electrons. The molecule has 3 rings (SSSR count). The predicted octanol–water partition coefficient (Wildman–Crippen LogP) is 4.08. The first kappa shape index (κ1) is 27.0. The van der Waals surface area contributed by atoms with E-state index in [0.29, 0.717) is 29.5 Å². The van der Waals surface area contributed by atoms with Crippen LogP contribution in [0.15, 0.2) is 29.1 Å². The van der Waals surface area contributed by atoms with Gasteiger partial charge in [0.25, 0.3) is 5.56 Å². The van der Waals surface area contributed by atoms with Gasteiger partial charge < -0.3 is 19.3 Å². The van der Waals surface area contributed by atoms with E-state index in [1.807, 2.05) is 24.0 Å². The summed E-state index contributed by atoms with van der Waals surface area (Å²) in [4.78, 5) is 35.0. The van der Waals surface area contributed by atoms with Crippen molar-refractivity contribution in [3.05, 3.63) is 39.8 Å². The van der Waals surface area contributed by atoms with Crippen molar-refractivity contribution in [2.75, 3.05) is 52.3 Å². The summed E-state index contributed by atoms with van der Waals surface area (Å²) in [5, 5.41) is 0.170. The SMILES string of the molecule is CCCCOC(=O)Cn1c(-c2cccc(OC)c2)c(Cl)nc(N2CCC(CCN(C)C)CC2)c1=O. The van der Waals surface area contributed by atoms with Gasteiger partial charge in [0.05, 0.1) is 19.4 Å². The Bertz CT molecular complexity index is 1050. The minimum atomic E-state index is -0.472. The molecule has 35 heavy (non-hydrogen) atoms. The van der Waals surface area contributed by atoms with Crippen LogP contribution in [0.4, 0.5) is 5.82 Å². The largest absolute Gasteiger partial charge is 0.497 e. The number of aromatic nitrogens is 2. The number of halogens is 1. The lowest BCUT2D eigenvalue weighted by molar-refractivity contribution is -0.144. The number of rotatable bonds is 11. The molecule has 2 heterocycles. The molecule has 0 bridgehead atoms. The maximum Gasteiger partial charge on any atom is 0.326 e. The van der Waals surface area contributed by atoms with E-state index in [2.05, 4.69) is 24.0 Å². The monoisotopic (exact) mass is 504 g/mol. The number of carbonyl (C=O) groups excluding carboxylic acids is 1. The normalized spacial score (nSPS) is 14.4. The highest BCUT2D eigenvalue weighted by Crippen LogP contribution is 2.31. The van der Waals surface area contributed by atoms with Gasteiger partial charge in [-0.1, -0.05) is 37.1 Å². The highest BCUT2D eigenvalue weighted by atomic mass is 35.5. The standard InChI is InChI=1S/C26H37ClN4O4/c1-5-6-16-35-22(32)18-31-23(20-8-7-9-21(17-20)34-4)24(27)28-25(26(31)33)30-14-11-19(12-15-30)10-13-29(2)3/h7-9,17,19H,5-6,10-16,18H2,1-4H3. The molecule has 0 aliphatic carbocycles. The maximum atomic E-state index is 13.7. The lowest BCUT2D eigenvalue weighted by atomic mass is 9.93. The third-order valence-corrected chi connectivity index (χ3v) is 6.66. The number of anilines is 1. The Labute approximate surface area is 212 Å². The Kier molecular flexibility index (Phi) is 9.98. The highest BCUT2D eigenvalue weighted by Gasteiger charge is 2.26. The van der Waals surface area contributed by atoms with Gasteiger partial charge in [-0.05, 0) is 64.4 Å². The van der Waals surface area contributed by atoms with Crippen LogP contribution in [0.1, 0.15) is 39.0 Å². The van der Waals surface area contributed by atoms with Crippen LogP contribution >= 0.6 is 11.6 Å². The van der Waals surface area contributed by atoms with Gasteiger partial charge in [-0.3, -0.25) is 14.2 Å². The summed E-state index contributed by atoms with van der Waals surface area (Å²) in [6.45, 7) is 4.63. The molecule has 1 aromatic carbocycles. The van der Waals surface area contributed by atoms with Gasteiger partial charge in [0, 0.05) is 18.7 Å². The molecule has 9 heteroatoms. The van der Waals surface area contributed by atoms with Crippen molar-refractivity contribution in [3.8, 4) is 17.0 Å². The van der Waals surface area contributed by atoms with Crippen molar-refractivity contribution in [2.24, 2.45) is 5.92 Å². The van der Waals surface area contributed by atoms with Gasteiger partial charge in [0.15, 0.2) is 11.0 Å². The number of unbranched alkanes of at least 4 members (excludes halogenated alkanes) is 1. The first-order valence-electron chi connectivity index (χ1n) is 12.3. The summed E-state index contributed by atoms with van der Waals surface area (Å²) in [7, 11) is 5.74. The number of piperidine rings is 1. The van der Waals surface area contributed by atoms with Crippen LogP contribution in [0.25, 0.3) is 11.3 Å². The second-order valence-corrected chi connectivity index (χ2v) is 9.65. The molecule has 1 saturated heterocycles. The van der Waals surface area contributed by atoms with Crippen LogP contribution in [0, 0.1) is 5.92 Å². The summed E-state index contributed by atoms with van der Waals surface area (Å²) in [6.07, 6.45) is 4.80. The van der Waals surface area contributed by atoms with E-state index < -0.39 is 5.97 Å². The molecule has 1 aliphatic rings. The number of carbonyl (C=O) groups is 1. The molecule has 0 unspecified atom stereocenters. The van der Waals surface area contributed by atoms with E-state index in [9.17, 15) is 9.59 Å². The number of methoxy groups -OCH3 is 1. The van der Waals surface area contributed by atoms with Crippen LogP contribution < -0.4 is 15.2 Å². The minimum absolute atomic E-state index is 0.170. The molecule has 0 atom stereocenters. The van der Waals surface area contributed by atoms with Crippen molar-refractivity contribution in [2.45, 2.75) is 45.6 Å². The van der Waals surface area contributed by atoms with Crippen LogP contribution in [0.5, 0.6) is 5.75 Å². The average Bonchev–Trinajstić information content (AvgIpc) is 2.85. The van der Waals surface area contributed by atoms with E-state index in [4.69, 9.17) is 21.1 Å². The fourth-order valence-corrected chi connectivity index (χ4v) is 4.60. The Hall–Kier alpha value is -2.58. The van der Waals surface area contributed by atoms with E-state index in [1.54, 1.807) is 19.2 Å².